The molecule has 1 saturated carbocycles. The van der Waals surface area contributed by atoms with E-state index in [1.54, 1.807) is 0 Å². The van der Waals surface area contributed by atoms with E-state index in [1.807, 2.05) is 27.3 Å². The van der Waals surface area contributed by atoms with Crippen molar-refractivity contribution in [3.8, 4) is 0 Å². The van der Waals surface area contributed by atoms with E-state index in [9.17, 15) is 14.4 Å². The molecule has 7 nitrogen and oxygen atoms in total. The molecule has 2 aliphatic heterocycles. The molecule has 0 aromatic carbocycles. The van der Waals surface area contributed by atoms with Crippen LogP contribution in [0.4, 0.5) is 0 Å². The summed E-state index contributed by atoms with van der Waals surface area (Å²) < 4.78 is 0. The maximum absolute atomic E-state index is 12.9. The number of hydrogen-bond acceptors (Lipinski definition) is 5. The Hall–Kier alpha value is -1.93. The maximum atomic E-state index is 12.9. The van der Waals surface area contributed by atoms with Gasteiger partial charge in [0.25, 0.3) is 5.91 Å². The molecule has 3 aliphatic rings. The van der Waals surface area contributed by atoms with Crippen LogP contribution in [0.25, 0.3) is 0 Å². The minimum absolute atomic E-state index is 0.0157. The van der Waals surface area contributed by atoms with Crippen molar-refractivity contribution in [1.29, 1.82) is 0 Å². The van der Waals surface area contributed by atoms with E-state index in [4.69, 9.17) is 0 Å². The van der Waals surface area contributed by atoms with E-state index in [1.165, 1.54) is 24.2 Å². The van der Waals surface area contributed by atoms with Crippen LogP contribution in [0.1, 0.15) is 41.8 Å². The summed E-state index contributed by atoms with van der Waals surface area (Å²) in [6.07, 6.45) is 4.91. The van der Waals surface area contributed by atoms with E-state index in [0.717, 1.165) is 24.3 Å². The Bertz CT molecular complexity index is 709. The van der Waals surface area contributed by atoms with E-state index in [-0.39, 0.29) is 30.2 Å². The van der Waals surface area contributed by atoms with Gasteiger partial charge in [0.1, 0.15) is 0 Å². The Labute approximate surface area is 169 Å². The van der Waals surface area contributed by atoms with Gasteiger partial charge in [0.15, 0.2) is 0 Å². The number of rotatable bonds is 4. The highest BCUT2D eigenvalue weighted by Gasteiger charge is 2.38. The first kappa shape index (κ1) is 19.4. The summed E-state index contributed by atoms with van der Waals surface area (Å²) in [7, 11) is 0. The lowest BCUT2D eigenvalue weighted by Crippen LogP contribution is -2.60. The second-order valence-corrected chi connectivity index (χ2v) is 8.79. The van der Waals surface area contributed by atoms with Crippen LogP contribution in [0, 0.1) is 0 Å². The molecule has 1 aromatic rings. The fourth-order valence-corrected chi connectivity index (χ4v) is 5.32. The van der Waals surface area contributed by atoms with Crippen LogP contribution in [0.5, 0.6) is 0 Å². The maximum Gasteiger partial charge on any atom is 0.264 e. The number of thiophene rings is 1. The quantitative estimate of drug-likeness (QED) is 0.818. The third-order valence-electron chi connectivity index (χ3n) is 6.19. The summed E-state index contributed by atoms with van der Waals surface area (Å²) in [5.41, 5.74) is 0. The molecule has 1 N–H and O–H groups in total. The zero-order chi connectivity index (χ0) is 19.5. The average molecular weight is 405 g/mol. The number of nitrogens with one attached hydrogen (secondary N) is 1. The number of amides is 3. The molecular formula is C20H28N4O3S. The van der Waals surface area contributed by atoms with Gasteiger partial charge < -0.3 is 15.1 Å². The third-order valence-corrected chi connectivity index (χ3v) is 7.04. The minimum Gasteiger partial charge on any atom is -0.353 e. The third kappa shape index (κ3) is 4.07. The number of hydrogen-bond donors (Lipinski definition) is 1. The molecule has 1 unspecified atom stereocenters. The van der Waals surface area contributed by atoms with Crippen LogP contribution in [-0.4, -0.2) is 83.8 Å². The van der Waals surface area contributed by atoms with Crippen molar-refractivity contribution in [2.75, 3.05) is 39.3 Å². The number of nitrogens with zero attached hydrogens (tertiary/aromatic N) is 3. The fraction of sp³-hybridized carbons (Fsp3) is 0.650. The molecule has 3 amide bonds. The Kier molecular flexibility index (Phi) is 5.96. The fourth-order valence-electron chi connectivity index (χ4n) is 4.62. The van der Waals surface area contributed by atoms with Gasteiger partial charge in [-0.25, -0.2) is 0 Å². The van der Waals surface area contributed by atoms with Crippen molar-refractivity contribution in [2.24, 2.45) is 0 Å². The van der Waals surface area contributed by atoms with Crippen molar-refractivity contribution in [3.05, 3.63) is 22.4 Å². The van der Waals surface area contributed by atoms with Crippen LogP contribution < -0.4 is 5.32 Å². The van der Waals surface area contributed by atoms with Crippen molar-refractivity contribution >= 4 is 29.1 Å². The highest BCUT2D eigenvalue weighted by atomic mass is 32.1. The highest BCUT2D eigenvalue weighted by Crippen LogP contribution is 2.27. The first-order valence-corrected chi connectivity index (χ1v) is 11.2. The zero-order valence-corrected chi connectivity index (χ0v) is 17.0. The molecule has 0 radical (unpaired) electrons. The summed E-state index contributed by atoms with van der Waals surface area (Å²) in [6, 6.07) is 3.80. The highest BCUT2D eigenvalue weighted by molar-refractivity contribution is 7.12. The lowest BCUT2D eigenvalue weighted by atomic mass is 10.0. The van der Waals surface area contributed by atoms with E-state index in [2.05, 4.69) is 10.2 Å². The van der Waals surface area contributed by atoms with Crippen molar-refractivity contribution < 1.29 is 14.4 Å². The van der Waals surface area contributed by atoms with Crippen LogP contribution >= 0.6 is 11.3 Å². The van der Waals surface area contributed by atoms with Crippen molar-refractivity contribution in [1.82, 2.24) is 20.0 Å². The van der Waals surface area contributed by atoms with Crippen LogP contribution in [0.2, 0.25) is 0 Å². The molecule has 152 valence electrons. The number of carbonyl (C=O) groups excluding carboxylic acids is 3. The molecule has 3 heterocycles. The van der Waals surface area contributed by atoms with Gasteiger partial charge in [0.05, 0.1) is 17.3 Å². The SMILES string of the molecule is O=C1NCCN(C2CCCC2)C1CC(=O)N1CCN(C(=O)c2cccs2)CC1. The molecule has 2 saturated heterocycles. The predicted molar refractivity (Wildman–Crippen MR) is 107 cm³/mol. The molecule has 1 aromatic heterocycles. The lowest BCUT2D eigenvalue weighted by Gasteiger charge is -2.40. The summed E-state index contributed by atoms with van der Waals surface area (Å²) in [6.45, 7) is 3.67. The van der Waals surface area contributed by atoms with Gasteiger partial charge in [-0.05, 0) is 24.3 Å². The Balaban J connectivity index is 1.33. The molecule has 1 atom stereocenters. The summed E-state index contributed by atoms with van der Waals surface area (Å²) in [5, 5.41) is 4.83. The van der Waals surface area contributed by atoms with Gasteiger partial charge in [-0.2, -0.15) is 0 Å². The molecule has 4 rings (SSSR count). The summed E-state index contributed by atoms with van der Waals surface area (Å²) in [5.74, 6) is 0.0486. The smallest absolute Gasteiger partial charge is 0.264 e. The average Bonchev–Trinajstić information content (AvgIpc) is 3.43. The second kappa shape index (κ2) is 8.61. The van der Waals surface area contributed by atoms with Gasteiger partial charge >= 0.3 is 0 Å². The number of carbonyl (C=O) groups is 3. The first-order valence-electron chi connectivity index (χ1n) is 10.3. The van der Waals surface area contributed by atoms with Gasteiger partial charge in [0, 0.05) is 45.3 Å². The van der Waals surface area contributed by atoms with E-state index < -0.39 is 0 Å². The molecule has 0 bridgehead atoms. The molecule has 3 fully saturated rings. The van der Waals surface area contributed by atoms with Crippen molar-refractivity contribution in [3.63, 3.8) is 0 Å². The topological polar surface area (TPSA) is 73.0 Å². The molecule has 1 aliphatic carbocycles. The van der Waals surface area contributed by atoms with E-state index in [0.29, 0.717) is 38.8 Å². The lowest BCUT2D eigenvalue weighted by molar-refractivity contribution is -0.140. The number of piperazine rings is 2. The van der Waals surface area contributed by atoms with Gasteiger partial charge in [-0.3, -0.25) is 19.3 Å². The normalized spacial score (nSPS) is 24.4. The van der Waals surface area contributed by atoms with Gasteiger partial charge in [-0.15, -0.1) is 11.3 Å². The standard InChI is InChI=1S/C20H28N4O3S/c25-18(14-16-19(26)21-7-8-24(16)15-4-1-2-5-15)22-9-11-23(12-10-22)20(27)17-6-3-13-28-17/h3,6,13,15-16H,1-2,4-5,7-12,14H2,(H,21,26). The van der Waals surface area contributed by atoms with E-state index >= 15 is 0 Å². The predicted octanol–water partition coefficient (Wildman–Crippen LogP) is 1.17. The van der Waals surface area contributed by atoms with Crippen LogP contribution in [0.15, 0.2) is 17.5 Å². The van der Waals surface area contributed by atoms with Crippen molar-refractivity contribution in [2.45, 2.75) is 44.2 Å². The summed E-state index contributed by atoms with van der Waals surface area (Å²) in [4.78, 5) is 44.5. The second-order valence-electron chi connectivity index (χ2n) is 7.84. The monoisotopic (exact) mass is 404 g/mol. The Morgan fingerprint density at radius 2 is 1.79 bits per heavy atom. The Morgan fingerprint density at radius 3 is 2.46 bits per heavy atom. The molecular weight excluding hydrogens is 376 g/mol. The molecule has 28 heavy (non-hydrogen) atoms. The largest absolute Gasteiger partial charge is 0.353 e. The first-order chi connectivity index (χ1) is 13.6. The van der Waals surface area contributed by atoms with Crippen LogP contribution in [0.3, 0.4) is 0 Å². The molecule has 0 spiro atoms. The minimum atomic E-state index is -0.352. The summed E-state index contributed by atoms with van der Waals surface area (Å²) >= 11 is 1.45. The molecule has 8 heteroatoms. The zero-order valence-electron chi connectivity index (χ0n) is 16.1. The van der Waals surface area contributed by atoms with Gasteiger partial charge in [-0.1, -0.05) is 18.9 Å². The van der Waals surface area contributed by atoms with Gasteiger partial charge in [0.2, 0.25) is 11.8 Å². The van der Waals surface area contributed by atoms with Crippen LogP contribution in [-0.2, 0) is 9.59 Å². The Morgan fingerprint density at radius 1 is 1.07 bits per heavy atom.